The molecule has 1 atom stereocenters. The van der Waals surface area contributed by atoms with Crippen molar-refractivity contribution in [3.63, 3.8) is 0 Å². The van der Waals surface area contributed by atoms with Gasteiger partial charge in [0, 0.05) is 13.1 Å². The number of hydrogen-bond donors (Lipinski definition) is 3. The molecular formula is C10H20ClN3O2. The van der Waals surface area contributed by atoms with Gasteiger partial charge in [-0.25, -0.2) is 0 Å². The molecule has 94 valence electrons. The maximum absolute atomic E-state index is 11.6. The van der Waals surface area contributed by atoms with Crippen molar-refractivity contribution in [3.8, 4) is 0 Å². The van der Waals surface area contributed by atoms with Crippen molar-refractivity contribution < 1.29 is 9.59 Å². The molecule has 1 aliphatic rings. The number of halogens is 1. The summed E-state index contributed by atoms with van der Waals surface area (Å²) in [6.07, 6.45) is 0. The van der Waals surface area contributed by atoms with Crippen LogP contribution >= 0.6 is 12.4 Å². The molecule has 0 saturated carbocycles. The molecule has 0 aromatic carbocycles. The molecule has 1 saturated heterocycles. The molecule has 0 aromatic rings. The van der Waals surface area contributed by atoms with Gasteiger partial charge in [0.1, 0.15) is 6.04 Å². The number of primary amides is 1. The summed E-state index contributed by atoms with van der Waals surface area (Å²) in [6, 6.07) is -0.606. The van der Waals surface area contributed by atoms with Gasteiger partial charge in [-0.3, -0.25) is 9.59 Å². The number of carbonyl (C=O) groups is 2. The summed E-state index contributed by atoms with van der Waals surface area (Å²) in [4.78, 5) is 22.8. The fourth-order valence-corrected chi connectivity index (χ4v) is 1.45. The van der Waals surface area contributed by atoms with Crippen LogP contribution in [-0.2, 0) is 9.59 Å². The molecule has 0 spiro atoms. The molecule has 0 radical (unpaired) electrons. The SMILES string of the molecule is CC(C)(C)[C@H](NC(=O)C1CNC1)C(N)=O.Cl. The van der Waals surface area contributed by atoms with Crippen molar-refractivity contribution in [2.45, 2.75) is 26.8 Å². The van der Waals surface area contributed by atoms with Crippen molar-refractivity contribution in [2.75, 3.05) is 13.1 Å². The van der Waals surface area contributed by atoms with Crippen LogP contribution < -0.4 is 16.4 Å². The molecular weight excluding hydrogens is 230 g/mol. The number of rotatable bonds is 3. The normalized spacial score (nSPS) is 17.9. The number of nitrogens with two attached hydrogens (primary N) is 1. The van der Waals surface area contributed by atoms with Gasteiger partial charge in [0.15, 0.2) is 0 Å². The largest absolute Gasteiger partial charge is 0.368 e. The Morgan fingerprint density at radius 2 is 1.88 bits per heavy atom. The maximum atomic E-state index is 11.6. The lowest BCUT2D eigenvalue weighted by molar-refractivity contribution is -0.133. The first-order chi connectivity index (χ1) is 6.82. The van der Waals surface area contributed by atoms with Gasteiger partial charge in [-0.1, -0.05) is 20.8 Å². The minimum atomic E-state index is -0.606. The summed E-state index contributed by atoms with van der Waals surface area (Å²) < 4.78 is 0. The van der Waals surface area contributed by atoms with Gasteiger partial charge in [0.25, 0.3) is 0 Å². The third-order valence-corrected chi connectivity index (χ3v) is 2.59. The zero-order valence-electron chi connectivity index (χ0n) is 9.87. The Labute approximate surface area is 102 Å². The molecule has 1 fully saturated rings. The third kappa shape index (κ3) is 3.64. The number of carbonyl (C=O) groups excluding carboxylic acids is 2. The van der Waals surface area contributed by atoms with Crippen molar-refractivity contribution in [1.82, 2.24) is 10.6 Å². The topological polar surface area (TPSA) is 84.2 Å². The molecule has 0 bridgehead atoms. The molecule has 0 unspecified atom stereocenters. The van der Waals surface area contributed by atoms with Crippen LogP contribution in [-0.4, -0.2) is 30.9 Å². The van der Waals surface area contributed by atoms with E-state index < -0.39 is 11.9 Å². The number of hydrogen-bond acceptors (Lipinski definition) is 3. The van der Waals surface area contributed by atoms with Crippen LogP contribution in [0.3, 0.4) is 0 Å². The molecule has 16 heavy (non-hydrogen) atoms. The Hall–Kier alpha value is -0.810. The van der Waals surface area contributed by atoms with Crippen molar-refractivity contribution in [2.24, 2.45) is 17.1 Å². The van der Waals surface area contributed by atoms with E-state index in [0.717, 1.165) is 0 Å². The second-order valence-corrected chi connectivity index (χ2v) is 5.07. The molecule has 0 aromatic heterocycles. The molecule has 1 aliphatic heterocycles. The summed E-state index contributed by atoms with van der Waals surface area (Å²) >= 11 is 0. The average Bonchev–Trinajstić information content (AvgIpc) is 1.93. The minimum Gasteiger partial charge on any atom is -0.368 e. The summed E-state index contributed by atoms with van der Waals surface area (Å²) in [5.41, 5.74) is 4.91. The average molecular weight is 250 g/mol. The zero-order valence-corrected chi connectivity index (χ0v) is 10.7. The summed E-state index contributed by atoms with van der Waals surface area (Å²) in [5, 5.41) is 5.71. The number of amides is 2. The molecule has 0 aliphatic carbocycles. The molecule has 2 amide bonds. The molecule has 4 N–H and O–H groups in total. The maximum Gasteiger partial charge on any atom is 0.240 e. The highest BCUT2D eigenvalue weighted by Crippen LogP contribution is 2.19. The van der Waals surface area contributed by atoms with Crippen LogP contribution in [0.5, 0.6) is 0 Å². The lowest BCUT2D eigenvalue weighted by atomic mass is 9.85. The Morgan fingerprint density at radius 1 is 1.38 bits per heavy atom. The Morgan fingerprint density at radius 3 is 2.12 bits per heavy atom. The Kier molecular flexibility index (Phi) is 5.22. The summed E-state index contributed by atoms with van der Waals surface area (Å²) in [7, 11) is 0. The minimum absolute atomic E-state index is 0. The van der Waals surface area contributed by atoms with Gasteiger partial charge >= 0.3 is 0 Å². The highest BCUT2D eigenvalue weighted by atomic mass is 35.5. The van der Waals surface area contributed by atoms with Crippen molar-refractivity contribution in [3.05, 3.63) is 0 Å². The fraction of sp³-hybridized carbons (Fsp3) is 0.800. The summed E-state index contributed by atoms with van der Waals surface area (Å²) in [6.45, 7) is 6.99. The second-order valence-electron chi connectivity index (χ2n) is 5.07. The van der Waals surface area contributed by atoms with E-state index in [-0.39, 0.29) is 29.6 Å². The quantitative estimate of drug-likeness (QED) is 0.639. The van der Waals surface area contributed by atoms with E-state index in [9.17, 15) is 9.59 Å². The second kappa shape index (κ2) is 5.50. The van der Waals surface area contributed by atoms with E-state index in [4.69, 9.17) is 5.73 Å². The van der Waals surface area contributed by atoms with Gasteiger partial charge in [0.05, 0.1) is 5.92 Å². The van der Waals surface area contributed by atoms with Crippen LogP contribution in [0.2, 0.25) is 0 Å². The monoisotopic (exact) mass is 249 g/mol. The highest BCUT2D eigenvalue weighted by molar-refractivity contribution is 5.88. The lowest BCUT2D eigenvalue weighted by Crippen LogP contribution is -2.58. The zero-order chi connectivity index (χ0) is 11.6. The Balaban J connectivity index is 0.00000225. The van der Waals surface area contributed by atoms with Gasteiger partial charge in [-0.2, -0.15) is 0 Å². The van der Waals surface area contributed by atoms with Crippen LogP contribution in [0.1, 0.15) is 20.8 Å². The smallest absolute Gasteiger partial charge is 0.240 e. The van der Waals surface area contributed by atoms with Crippen molar-refractivity contribution >= 4 is 24.2 Å². The van der Waals surface area contributed by atoms with E-state index in [1.54, 1.807) is 0 Å². The Bertz CT molecular complexity index is 272. The van der Waals surface area contributed by atoms with Gasteiger partial charge in [-0.15, -0.1) is 12.4 Å². The van der Waals surface area contributed by atoms with Crippen LogP contribution in [0.25, 0.3) is 0 Å². The first-order valence-electron chi connectivity index (χ1n) is 5.13. The predicted molar refractivity (Wildman–Crippen MR) is 64.2 cm³/mol. The van der Waals surface area contributed by atoms with Crippen molar-refractivity contribution in [1.29, 1.82) is 0 Å². The fourth-order valence-electron chi connectivity index (χ4n) is 1.45. The van der Waals surface area contributed by atoms with E-state index in [0.29, 0.717) is 13.1 Å². The van der Waals surface area contributed by atoms with Crippen LogP contribution in [0.4, 0.5) is 0 Å². The predicted octanol–water partition coefficient (Wildman–Crippen LogP) is -0.356. The molecule has 5 nitrogen and oxygen atoms in total. The van der Waals surface area contributed by atoms with E-state index in [2.05, 4.69) is 10.6 Å². The standard InChI is InChI=1S/C10H19N3O2.ClH/c1-10(2,3)7(8(11)14)13-9(15)6-4-12-5-6;/h6-7,12H,4-5H2,1-3H3,(H2,11,14)(H,13,15);1H/t7-;/m1./s1. The van der Waals surface area contributed by atoms with Gasteiger partial charge < -0.3 is 16.4 Å². The van der Waals surface area contributed by atoms with Crippen LogP contribution in [0.15, 0.2) is 0 Å². The number of nitrogens with one attached hydrogen (secondary N) is 2. The first-order valence-corrected chi connectivity index (χ1v) is 5.13. The molecule has 6 heteroatoms. The third-order valence-electron chi connectivity index (χ3n) is 2.59. The van der Waals surface area contributed by atoms with Gasteiger partial charge in [0.2, 0.25) is 11.8 Å². The lowest BCUT2D eigenvalue weighted by Gasteiger charge is -2.32. The van der Waals surface area contributed by atoms with E-state index >= 15 is 0 Å². The van der Waals surface area contributed by atoms with E-state index in [1.165, 1.54) is 0 Å². The molecule has 1 rings (SSSR count). The summed E-state index contributed by atoms with van der Waals surface area (Å²) in [5.74, 6) is -0.593. The molecule has 1 heterocycles. The van der Waals surface area contributed by atoms with E-state index in [1.807, 2.05) is 20.8 Å². The van der Waals surface area contributed by atoms with Crippen LogP contribution in [0, 0.1) is 11.3 Å². The highest BCUT2D eigenvalue weighted by Gasteiger charge is 2.34. The van der Waals surface area contributed by atoms with Gasteiger partial charge in [-0.05, 0) is 5.41 Å². The first kappa shape index (κ1) is 15.2.